The second-order valence-corrected chi connectivity index (χ2v) is 4.80. The number of aromatic nitrogens is 2. The molecule has 100 valence electrons. The van der Waals surface area contributed by atoms with Gasteiger partial charge < -0.3 is 10.5 Å². The van der Waals surface area contributed by atoms with Gasteiger partial charge in [-0.25, -0.2) is 4.68 Å². The van der Waals surface area contributed by atoms with E-state index < -0.39 is 0 Å². The number of hydrogen-bond acceptors (Lipinski definition) is 3. The van der Waals surface area contributed by atoms with Crippen LogP contribution in [0.1, 0.15) is 11.3 Å². The molecule has 0 amide bonds. The lowest BCUT2D eigenvalue weighted by molar-refractivity contribution is 0.430. The van der Waals surface area contributed by atoms with Gasteiger partial charge in [0.15, 0.2) is 0 Å². The summed E-state index contributed by atoms with van der Waals surface area (Å²) in [5, 5.41) is 12.6. The highest BCUT2D eigenvalue weighted by Gasteiger charge is 2.18. The summed E-state index contributed by atoms with van der Waals surface area (Å²) in [6.45, 7) is 1.76. The number of nitrogen functional groups attached to an aromatic ring is 1. The molecular weight excluding hydrogens is 287 g/mol. The molecule has 5 nitrogen and oxygen atoms in total. The monoisotopic (exact) mass is 298 g/mol. The SMILES string of the molecule is Cc1nn(C)c(Oc2ccc(Cl)c(Cl)c2)c1C(=N)N. The third-order valence-electron chi connectivity index (χ3n) is 2.54. The number of ether oxygens (including phenoxy) is 1. The minimum Gasteiger partial charge on any atom is -0.438 e. The Bertz CT molecular complexity index is 651. The van der Waals surface area contributed by atoms with E-state index in [1.54, 1.807) is 32.2 Å². The molecule has 0 aliphatic carbocycles. The van der Waals surface area contributed by atoms with Crippen LogP contribution in [0.3, 0.4) is 0 Å². The van der Waals surface area contributed by atoms with Gasteiger partial charge in [0, 0.05) is 13.1 Å². The van der Waals surface area contributed by atoms with Crippen molar-refractivity contribution < 1.29 is 4.74 Å². The van der Waals surface area contributed by atoms with Crippen molar-refractivity contribution in [2.45, 2.75) is 6.92 Å². The molecule has 1 heterocycles. The molecular formula is C12H12Cl2N4O. The van der Waals surface area contributed by atoms with Crippen molar-refractivity contribution in [3.05, 3.63) is 39.5 Å². The van der Waals surface area contributed by atoms with E-state index in [-0.39, 0.29) is 5.84 Å². The first-order valence-electron chi connectivity index (χ1n) is 5.41. The van der Waals surface area contributed by atoms with Gasteiger partial charge in [0.05, 0.1) is 15.7 Å². The molecule has 0 radical (unpaired) electrons. The molecule has 0 unspecified atom stereocenters. The standard InChI is InChI=1S/C12H12Cl2N4O/c1-6-10(11(15)16)12(18(2)17-6)19-7-3-4-8(13)9(14)5-7/h3-5H,1-2H3,(H3,15,16). The van der Waals surface area contributed by atoms with Crippen molar-refractivity contribution in [3.8, 4) is 11.6 Å². The van der Waals surface area contributed by atoms with Gasteiger partial charge in [0.2, 0.25) is 5.88 Å². The molecule has 0 saturated carbocycles. The highest BCUT2D eigenvalue weighted by atomic mass is 35.5. The predicted octanol–water partition coefficient (Wildman–Crippen LogP) is 3.11. The summed E-state index contributed by atoms with van der Waals surface area (Å²) in [5.41, 5.74) is 6.64. The smallest absolute Gasteiger partial charge is 0.228 e. The van der Waals surface area contributed by atoms with Crippen molar-refractivity contribution in [1.82, 2.24) is 9.78 Å². The Kier molecular flexibility index (Phi) is 3.68. The number of rotatable bonds is 3. The van der Waals surface area contributed by atoms with Gasteiger partial charge in [-0.15, -0.1) is 0 Å². The van der Waals surface area contributed by atoms with Crippen LogP contribution >= 0.6 is 23.2 Å². The van der Waals surface area contributed by atoms with Crippen molar-refractivity contribution >= 4 is 29.0 Å². The summed E-state index contributed by atoms with van der Waals surface area (Å²) in [7, 11) is 1.71. The minimum atomic E-state index is -0.0966. The maximum atomic E-state index is 7.57. The van der Waals surface area contributed by atoms with Crippen LogP contribution in [0.4, 0.5) is 0 Å². The minimum absolute atomic E-state index is 0.0966. The Balaban J connectivity index is 2.43. The van der Waals surface area contributed by atoms with Crippen LogP contribution < -0.4 is 10.5 Å². The number of nitrogens with zero attached hydrogens (tertiary/aromatic N) is 2. The summed E-state index contributed by atoms with van der Waals surface area (Å²) in [6, 6.07) is 4.91. The van der Waals surface area contributed by atoms with E-state index >= 15 is 0 Å². The Morgan fingerprint density at radius 2 is 2.05 bits per heavy atom. The molecule has 0 aliphatic heterocycles. The second kappa shape index (κ2) is 5.11. The zero-order chi connectivity index (χ0) is 14.2. The molecule has 19 heavy (non-hydrogen) atoms. The number of nitrogens with two attached hydrogens (primary N) is 1. The molecule has 2 aromatic rings. The van der Waals surface area contributed by atoms with Gasteiger partial charge in [-0.05, 0) is 19.1 Å². The first-order chi connectivity index (χ1) is 8.90. The molecule has 0 bridgehead atoms. The van der Waals surface area contributed by atoms with Crippen LogP contribution in [-0.4, -0.2) is 15.6 Å². The molecule has 3 N–H and O–H groups in total. The van der Waals surface area contributed by atoms with E-state index in [2.05, 4.69) is 5.10 Å². The lowest BCUT2D eigenvalue weighted by Crippen LogP contribution is -2.13. The molecule has 1 aromatic carbocycles. The average Bonchev–Trinajstić information content (AvgIpc) is 2.59. The van der Waals surface area contributed by atoms with Crippen LogP contribution in [0.5, 0.6) is 11.6 Å². The second-order valence-electron chi connectivity index (χ2n) is 3.98. The summed E-state index contributed by atoms with van der Waals surface area (Å²) >= 11 is 11.8. The maximum Gasteiger partial charge on any atom is 0.228 e. The van der Waals surface area contributed by atoms with E-state index in [0.29, 0.717) is 32.9 Å². The summed E-state index contributed by atoms with van der Waals surface area (Å²) in [5.74, 6) is 0.795. The number of halogens is 2. The summed E-state index contributed by atoms with van der Waals surface area (Å²) < 4.78 is 7.22. The molecule has 0 fully saturated rings. The van der Waals surface area contributed by atoms with Crippen molar-refractivity contribution in [2.24, 2.45) is 12.8 Å². The van der Waals surface area contributed by atoms with E-state index in [1.165, 1.54) is 4.68 Å². The van der Waals surface area contributed by atoms with Gasteiger partial charge in [-0.2, -0.15) is 5.10 Å². The summed E-state index contributed by atoms with van der Waals surface area (Å²) in [6.07, 6.45) is 0. The van der Waals surface area contributed by atoms with Crippen LogP contribution in [0.15, 0.2) is 18.2 Å². The van der Waals surface area contributed by atoms with E-state index in [1.807, 2.05) is 0 Å². The van der Waals surface area contributed by atoms with Crippen molar-refractivity contribution in [1.29, 1.82) is 5.41 Å². The van der Waals surface area contributed by atoms with Gasteiger partial charge in [0.25, 0.3) is 0 Å². The molecule has 0 spiro atoms. The topological polar surface area (TPSA) is 76.9 Å². The van der Waals surface area contributed by atoms with Gasteiger partial charge in [0.1, 0.15) is 17.1 Å². The third kappa shape index (κ3) is 2.67. The quantitative estimate of drug-likeness (QED) is 0.675. The Morgan fingerprint density at radius 3 is 2.63 bits per heavy atom. The Labute approximate surface area is 120 Å². The zero-order valence-corrected chi connectivity index (χ0v) is 11.9. The lowest BCUT2D eigenvalue weighted by Gasteiger charge is -2.08. The fraction of sp³-hybridized carbons (Fsp3) is 0.167. The summed E-state index contributed by atoms with van der Waals surface area (Å²) in [4.78, 5) is 0. The molecule has 0 atom stereocenters. The Hall–Kier alpha value is -1.72. The average molecular weight is 299 g/mol. The van der Waals surface area contributed by atoms with E-state index in [0.717, 1.165) is 0 Å². The number of benzene rings is 1. The fourth-order valence-electron chi connectivity index (χ4n) is 1.72. The van der Waals surface area contributed by atoms with Gasteiger partial charge >= 0.3 is 0 Å². The zero-order valence-electron chi connectivity index (χ0n) is 10.4. The van der Waals surface area contributed by atoms with E-state index in [4.69, 9.17) is 39.1 Å². The fourth-order valence-corrected chi connectivity index (χ4v) is 2.00. The normalized spacial score (nSPS) is 10.5. The van der Waals surface area contributed by atoms with Crippen LogP contribution in [-0.2, 0) is 7.05 Å². The molecule has 7 heteroatoms. The molecule has 0 aliphatic rings. The predicted molar refractivity (Wildman–Crippen MR) is 75.5 cm³/mol. The van der Waals surface area contributed by atoms with Crippen LogP contribution in [0, 0.1) is 12.3 Å². The molecule has 1 aromatic heterocycles. The lowest BCUT2D eigenvalue weighted by atomic mass is 10.2. The maximum absolute atomic E-state index is 7.57. The van der Waals surface area contributed by atoms with Crippen molar-refractivity contribution in [3.63, 3.8) is 0 Å². The van der Waals surface area contributed by atoms with Crippen LogP contribution in [0.2, 0.25) is 10.0 Å². The number of nitrogens with one attached hydrogen (secondary N) is 1. The molecule has 0 saturated heterocycles. The number of aryl methyl sites for hydroxylation is 2. The third-order valence-corrected chi connectivity index (χ3v) is 3.28. The largest absolute Gasteiger partial charge is 0.438 e. The first-order valence-corrected chi connectivity index (χ1v) is 6.16. The highest BCUT2D eigenvalue weighted by Crippen LogP contribution is 2.31. The molecule has 2 rings (SSSR count). The van der Waals surface area contributed by atoms with Crippen LogP contribution in [0.25, 0.3) is 0 Å². The highest BCUT2D eigenvalue weighted by molar-refractivity contribution is 6.42. The van der Waals surface area contributed by atoms with Crippen molar-refractivity contribution in [2.75, 3.05) is 0 Å². The van der Waals surface area contributed by atoms with E-state index in [9.17, 15) is 0 Å². The Morgan fingerprint density at radius 1 is 1.37 bits per heavy atom. The number of hydrogen-bond donors (Lipinski definition) is 2. The van der Waals surface area contributed by atoms with Gasteiger partial charge in [-0.3, -0.25) is 5.41 Å². The number of amidine groups is 1. The first kappa shape index (κ1) is 13.7. The van der Waals surface area contributed by atoms with Gasteiger partial charge in [-0.1, -0.05) is 23.2 Å².